The first-order valence-corrected chi connectivity index (χ1v) is 7.81. The topological polar surface area (TPSA) is 67.9 Å². The highest BCUT2D eigenvalue weighted by Gasteiger charge is 2.28. The Hall–Kier alpha value is -1.30. The van der Waals surface area contributed by atoms with Crippen molar-refractivity contribution < 1.29 is 19.1 Å². The van der Waals surface area contributed by atoms with E-state index < -0.39 is 0 Å². The molecular formula is C15H28N2O4. The number of amides is 1. The molecule has 0 saturated carbocycles. The number of piperidine rings is 1. The molecule has 0 aromatic heterocycles. The number of esters is 1. The minimum absolute atomic E-state index is 0.0898. The lowest BCUT2D eigenvalue weighted by atomic mass is 9.90. The van der Waals surface area contributed by atoms with Gasteiger partial charge in [0.2, 0.25) is 0 Å². The van der Waals surface area contributed by atoms with Gasteiger partial charge >= 0.3 is 12.1 Å². The Labute approximate surface area is 127 Å². The van der Waals surface area contributed by atoms with Crippen molar-refractivity contribution in [2.45, 2.75) is 45.6 Å². The van der Waals surface area contributed by atoms with Crippen LogP contribution in [0.2, 0.25) is 0 Å². The summed E-state index contributed by atoms with van der Waals surface area (Å²) in [5.74, 6) is 0.230. The van der Waals surface area contributed by atoms with Crippen LogP contribution in [0.3, 0.4) is 0 Å². The highest BCUT2D eigenvalue weighted by atomic mass is 16.5. The van der Waals surface area contributed by atoms with Crippen LogP contribution in [0.15, 0.2) is 0 Å². The van der Waals surface area contributed by atoms with Gasteiger partial charge in [-0.1, -0.05) is 6.92 Å². The summed E-state index contributed by atoms with van der Waals surface area (Å²) in [5, 5.41) is 2.92. The van der Waals surface area contributed by atoms with Crippen LogP contribution in [-0.2, 0) is 14.3 Å². The van der Waals surface area contributed by atoms with Crippen molar-refractivity contribution in [2.24, 2.45) is 5.92 Å². The molecule has 1 heterocycles. The first kappa shape index (κ1) is 17.8. The number of hydrogen-bond acceptors (Lipinski definition) is 5. The molecule has 6 heteroatoms. The Bertz CT molecular complexity index is 336. The molecule has 0 aromatic carbocycles. The number of carbonyl (C=O) groups excluding carboxylic acids is 2. The molecule has 21 heavy (non-hydrogen) atoms. The number of rotatable bonds is 7. The van der Waals surface area contributed by atoms with Gasteiger partial charge < -0.3 is 19.7 Å². The van der Waals surface area contributed by atoms with Gasteiger partial charge in [-0.05, 0) is 38.6 Å². The molecule has 0 bridgehead atoms. The molecule has 0 spiro atoms. The summed E-state index contributed by atoms with van der Waals surface area (Å²) in [6.45, 7) is 7.15. The SMILES string of the molecule is CCCN1CC(CCC(=O)OC)CC(NC(=O)OCC)C1. The van der Waals surface area contributed by atoms with Gasteiger partial charge in [0.25, 0.3) is 0 Å². The number of methoxy groups -OCH3 is 1. The van der Waals surface area contributed by atoms with Crippen molar-refractivity contribution in [3.05, 3.63) is 0 Å². The van der Waals surface area contributed by atoms with Crippen LogP contribution in [-0.4, -0.2) is 56.4 Å². The summed E-state index contributed by atoms with van der Waals surface area (Å²) in [6.07, 6.45) is 2.85. The van der Waals surface area contributed by atoms with Gasteiger partial charge in [0.1, 0.15) is 0 Å². The van der Waals surface area contributed by atoms with Crippen molar-refractivity contribution >= 4 is 12.1 Å². The number of nitrogens with one attached hydrogen (secondary N) is 1. The fourth-order valence-electron chi connectivity index (χ4n) is 2.88. The number of nitrogens with zero attached hydrogens (tertiary/aromatic N) is 1. The molecule has 1 aliphatic rings. The molecular weight excluding hydrogens is 272 g/mol. The van der Waals surface area contributed by atoms with E-state index in [0.717, 1.165) is 38.9 Å². The molecule has 1 fully saturated rings. The molecule has 2 atom stereocenters. The molecule has 1 amide bonds. The molecule has 122 valence electrons. The van der Waals surface area contributed by atoms with E-state index in [-0.39, 0.29) is 18.1 Å². The van der Waals surface area contributed by atoms with Crippen molar-refractivity contribution in [1.82, 2.24) is 10.2 Å². The number of alkyl carbamates (subject to hydrolysis) is 1. The monoisotopic (exact) mass is 300 g/mol. The van der Waals surface area contributed by atoms with Crippen LogP contribution < -0.4 is 5.32 Å². The number of likely N-dealkylation sites (tertiary alicyclic amines) is 1. The standard InChI is InChI=1S/C15H28N2O4/c1-4-8-17-10-12(6-7-14(18)20-3)9-13(11-17)16-15(19)21-5-2/h12-13H,4-11H2,1-3H3,(H,16,19). The second-order valence-corrected chi connectivity index (χ2v) is 5.54. The highest BCUT2D eigenvalue weighted by Crippen LogP contribution is 2.22. The van der Waals surface area contributed by atoms with Crippen LogP contribution in [0.25, 0.3) is 0 Å². The highest BCUT2D eigenvalue weighted by molar-refractivity contribution is 5.69. The molecule has 6 nitrogen and oxygen atoms in total. The van der Waals surface area contributed by atoms with Crippen molar-refractivity contribution in [3.63, 3.8) is 0 Å². The van der Waals surface area contributed by atoms with E-state index in [1.54, 1.807) is 6.92 Å². The fraction of sp³-hybridized carbons (Fsp3) is 0.867. The third-order valence-electron chi connectivity index (χ3n) is 3.73. The Kier molecular flexibility index (Phi) is 8.12. The van der Waals surface area contributed by atoms with E-state index in [1.165, 1.54) is 7.11 Å². The summed E-state index contributed by atoms with van der Waals surface area (Å²) in [5.41, 5.74) is 0. The largest absolute Gasteiger partial charge is 0.469 e. The minimum Gasteiger partial charge on any atom is -0.469 e. The van der Waals surface area contributed by atoms with Crippen molar-refractivity contribution in [1.29, 1.82) is 0 Å². The van der Waals surface area contributed by atoms with E-state index >= 15 is 0 Å². The Morgan fingerprint density at radius 3 is 2.67 bits per heavy atom. The van der Waals surface area contributed by atoms with Crippen LogP contribution in [0.1, 0.15) is 39.5 Å². The van der Waals surface area contributed by atoms with Crippen LogP contribution in [0.4, 0.5) is 4.79 Å². The van der Waals surface area contributed by atoms with Crippen LogP contribution in [0.5, 0.6) is 0 Å². The molecule has 2 unspecified atom stereocenters. The van der Waals surface area contributed by atoms with E-state index in [0.29, 0.717) is 18.9 Å². The van der Waals surface area contributed by atoms with Gasteiger partial charge in [-0.2, -0.15) is 0 Å². The average molecular weight is 300 g/mol. The minimum atomic E-state index is -0.354. The lowest BCUT2D eigenvalue weighted by molar-refractivity contribution is -0.141. The zero-order valence-electron chi connectivity index (χ0n) is 13.4. The molecule has 1 N–H and O–H groups in total. The van der Waals surface area contributed by atoms with Crippen LogP contribution in [0, 0.1) is 5.92 Å². The smallest absolute Gasteiger partial charge is 0.407 e. The predicted molar refractivity (Wildman–Crippen MR) is 80.0 cm³/mol. The van der Waals surface area contributed by atoms with E-state index in [2.05, 4.69) is 17.1 Å². The molecule has 0 aromatic rings. The summed E-state index contributed by atoms with van der Waals surface area (Å²) < 4.78 is 9.64. The van der Waals surface area contributed by atoms with E-state index in [4.69, 9.17) is 9.47 Å². The van der Waals surface area contributed by atoms with E-state index in [1.807, 2.05) is 0 Å². The zero-order chi connectivity index (χ0) is 15.7. The molecule has 1 rings (SSSR count). The first-order valence-electron chi connectivity index (χ1n) is 7.81. The van der Waals surface area contributed by atoms with Crippen molar-refractivity contribution in [3.8, 4) is 0 Å². The average Bonchev–Trinajstić information content (AvgIpc) is 2.45. The molecule has 0 radical (unpaired) electrons. The summed E-state index contributed by atoms with van der Waals surface area (Å²) >= 11 is 0. The third-order valence-corrected chi connectivity index (χ3v) is 3.73. The summed E-state index contributed by atoms with van der Waals surface area (Å²) in [7, 11) is 1.41. The van der Waals surface area contributed by atoms with Gasteiger partial charge in [0.15, 0.2) is 0 Å². The molecule has 0 aliphatic carbocycles. The van der Waals surface area contributed by atoms with Gasteiger partial charge in [-0.3, -0.25) is 4.79 Å². The zero-order valence-corrected chi connectivity index (χ0v) is 13.4. The Balaban J connectivity index is 2.50. The number of carbonyl (C=O) groups is 2. The Morgan fingerprint density at radius 2 is 2.05 bits per heavy atom. The fourth-order valence-corrected chi connectivity index (χ4v) is 2.88. The third kappa shape index (κ3) is 6.80. The van der Waals surface area contributed by atoms with Gasteiger partial charge in [-0.25, -0.2) is 4.79 Å². The maximum atomic E-state index is 11.6. The van der Waals surface area contributed by atoms with Crippen LogP contribution >= 0.6 is 0 Å². The number of hydrogen-bond donors (Lipinski definition) is 1. The molecule has 1 aliphatic heterocycles. The Morgan fingerprint density at radius 1 is 1.29 bits per heavy atom. The second-order valence-electron chi connectivity index (χ2n) is 5.54. The van der Waals surface area contributed by atoms with Gasteiger partial charge in [-0.15, -0.1) is 0 Å². The van der Waals surface area contributed by atoms with Gasteiger partial charge in [0.05, 0.1) is 13.7 Å². The predicted octanol–water partition coefficient (Wildman–Crippen LogP) is 1.79. The normalized spacial score (nSPS) is 22.6. The lowest BCUT2D eigenvalue weighted by Gasteiger charge is -2.37. The molecule has 1 saturated heterocycles. The summed E-state index contributed by atoms with van der Waals surface area (Å²) in [4.78, 5) is 25.2. The first-order chi connectivity index (χ1) is 10.1. The quantitative estimate of drug-likeness (QED) is 0.726. The maximum Gasteiger partial charge on any atom is 0.407 e. The van der Waals surface area contributed by atoms with Gasteiger partial charge in [0, 0.05) is 25.6 Å². The van der Waals surface area contributed by atoms with E-state index in [9.17, 15) is 9.59 Å². The lowest BCUT2D eigenvalue weighted by Crippen LogP contribution is -2.51. The maximum absolute atomic E-state index is 11.6. The summed E-state index contributed by atoms with van der Waals surface area (Å²) in [6, 6.07) is 0.0898. The second kappa shape index (κ2) is 9.60. The van der Waals surface area contributed by atoms with Crippen molar-refractivity contribution in [2.75, 3.05) is 33.4 Å². The number of ether oxygens (including phenoxy) is 2.